The fourth-order valence-electron chi connectivity index (χ4n) is 1.50. The molecule has 1 aromatic rings. The lowest BCUT2D eigenvalue weighted by Gasteiger charge is -2.13. The van der Waals surface area contributed by atoms with Crippen LogP contribution in [0.15, 0.2) is 24.3 Å². The van der Waals surface area contributed by atoms with Crippen molar-refractivity contribution in [1.29, 1.82) is 0 Å². The molecule has 0 saturated heterocycles. The van der Waals surface area contributed by atoms with Gasteiger partial charge in [0.15, 0.2) is 11.5 Å². The molecule has 0 aromatic heterocycles. The Labute approximate surface area is 118 Å². The van der Waals surface area contributed by atoms with Crippen LogP contribution in [0.1, 0.15) is 33.6 Å². The van der Waals surface area contributed by atoms with Crippen molar-refractivity contribution in [1.82, 2.24) is 0 Å². The molecule has 0 atom stereocenters. The van der Waals surface area contributed by atoms with Crippen LogP contribution in [0.5, 0.6) is 11.5 Å². The fourth-order valence-corrected chi connectivity index (χ4v) is 1.50. The largest absolute Gasteiger partial charge is 0.487 e. The van der Waals surface area contributed by atoms with E-state index in [1.807, 2.05) is 13.8 Å². The first-order valence-corrected chi connectivity index (χ1v) is 6.65. The highest BCUT2D eigenvalue weighted by molar-refractivity contribution is 5.79. The van der Waals surface area contributed by atoms with E-state index in [1.165, 1.54) is 0 Å². The molecule has 5 nitrogen and oxygen atoms in total. The molecule has 0 N–H and O–H groups in total. The van der Waals surface area contributed by atoms with Gasteiger partial charge in [-0.1, -0.05) is 12.1 Å². The van der Waals surface area contributed by atoms with Crippen molar-refractivity contribution in [3.8, 4) is 11.5 Å². The summed E-state index contributed by atoms with van der Waals surface area (Å²) in [6.07, 6.45) is -0.0243. The molecule has 0 amide bonds. The molecule has 0 aliphatic carbocycles. The predicted octanol–water partition coefficient (Wildman–Crippen LogP) is 2.72. The number of benzene rings is 1. The maximum atomic E-state index is 11.7. The van der Waals surface area contributed by atoms with Crippen molar-refractivity contribution in [3.63, 3.8) is 0 Å². The van der Waals surface area contributed by atoms with Gasteiger partial charge in [0.2, 0.25) is 0 Å². The zero-order valence-electron chi connectivity index (χ0n) is 12.0. The van der Waals surface area contributed by atoms with Gasteiger partial charge in [-0.15, -0.1) is 0 Å². The van der Waals surface area contributed by atoms with Gasteiger partial charge in [0, 0.05) is 0 Å². The highest BCUT2D eigenvalue weighted by atomic mass is 16.6. The van der Waals surface area contributed by atoms with Gasteiger partial charge in [-0.3, -0.25) is 9.59 Å². The maximum absolute atomic E-state index is 11.7. The quantitative estimate of drug-likeness (QED) is 0.567. The number of carbonyl (C=O) groups is 2. The lowest BCUT2D eigenvalue weighted by atomic mass is 10.3. The average molecular weight is 280 g/mol. The van der Waals surface area contributed by atoms with Crippen molar-refractivity contribution in [2.24, 2.45) is 0 Å². The Bertz CT molecular complexity index is 453. The van der Waals surface area contributed by atoms with E-state index in [0.29, 0.717) is 18.1 Å². The van der Waals surface area contributed by atoms with E-state index in [4.69, 9.17) is 14.2 Å². The van der Waals surface area contributed by atoms with E-state index >= 15 is 0 Å². The third-order valence-electron chi connectivity index (χ3n) is 2.27. The van der Waals surface area contributed by atoms with Crippen LogP contribution in [0.2, 0.25) is 0 Å². The summed E-state index contributed by atoms with van der Waals surface area (Å²) < 4.78 is 15.5. The molecule has 20 heavy (non-hydrogen) atoms. The Morgan fingerprint density at radius 1 is 1.05 bits per heavy atom. The molecule has 1 rings (SSSR count). The van der Waals surface area contributed by atoms with Crippen molar-refractivity contribution < 1.29 is 23.8 Å². The topological polar surface area (TPSA) is 61.8 Å². The van der Waals surface area contributed by atoms with Crippen LogP contribution in [-0.4, -0.2) is 24.6 Å². The third kappa shape index (κ3) is 5.73. The molecule has 5 heteroatoms. The summed E-state index contributed by atoms with van der Waals surface area (Å²) in [6, 6.07) is 6.93. The Morgan fingerprint density at radius 3 is 2.25 bits per heavy atom. The molecule has 0 bridgehead atoms. The minimum absolute atomic E-state index is 0.0138. The second kappa shape index (κ2) is 8.19. The smallest absolute Gasteiger partial charge is 0.311 e. The van der Waals surface area contributed by atoms with Crippen molar-refractivity contribution >= 4 is 11.9 Å². The van der Waals surface area contributed by atoms with Gasteiger partial charge < -0.3 is 14.2 Å². The second-order valence-electron chi connectivity index (χ2n) is 4.39. The van der Waals surface area contributed by atoms with E-state index in [9.17, 15) is 9.59 Å². The first kappa shape index (κ1) is 16.0. The number of carbonyl (C=O) groups excluding carboxylic acids is 2. The van der Waals surface area contributed by atoms with Crippen LogP contribution in [0, 0.1) is 0 Å². The Hall–Kier alpha value is -2.04. The molecular weight excluding hydrogens is 260 g/mol. The minimum Gasteiger partial charge on any atom is -0.487 e. The Balaban J connectivity index is 2.55. The molecule has 0 heterocycles. The van der Waals surface area contributed by atoms with E-state index < -0.39 is 11.9 Å². The van der Waals surface area contributed by atoms with E-state index in [2.05, 4.69) is 0 Å². The van der Waals surface area contributed by atoms with Crippen molar-refractivity contribution in [2.75, 3.05) is 6.61 Å². The molecule has 0 aliphatic heterocycles. The summed E-state index contributed by atoms with van der Waals surface area (Å²) in [4.78, 5) is 22.8. The van der Waals surface area contributed by atoms with E-state index in [-0.39, 0.29) is 18.9 Å². The number of para-hydroxylation sites is 2. The van der Waals surface area contributed by atoms with Crippen LogP contribution in [0.4, 0.5) is 0 Å². The lowest BCUT2D eigenvalue weighted by Crippen LogP contribution is -2.13. The first-order valence-electron chi connectivity index (χ1n) is 6.65. The van der Waals surface area contributed by atoms with Crippen LogP contribution >= 0.6 is 0 Å². The summed E-state index contributed by atoms with van der Waals surface area (Å²) >= 11 is 0. The van der Waals surface area contributed by atoms with Crippen LogP contribution < -0.4 is 9.47 Å². The molecule has 0 radical (unpaired) electrons. The second-order valence-corrected chi connectivity index (χ2v) is 4.39. The summed E-state index contributed by atoms with van der Waals surface area (Å²) in [5, 5.41) is 0. The molecule has 0 fully saturated rings. The van der Waals surface area contributed by atoms with Gasteiger partial charge in [0.05, 0.1) is 25.6 Å². The molecular formula is C15H20O5. The molecule has 110 valence electrons. The zero-order chi connectivity index (χ0) is 15.0. The van der Waals surface area contributed by atoms with Gasteiger partial charge in [0.25, 0.3) is 0 Å². The van der Waals surface area contributed by atoms with Gasteiger partial charge in [-0.2, -0.15) is 0 Å². The molecule has 0 saturated carbocycles. The summed E-state index contributed by atoms with van der Waals surface area (Å²) in [5.41, 5.74) is 0. The van der Waals surface area contributed by atoms with Crippen molar-refractivity contribution in [3.05, 3.63) is 24.3 Å². The molecule has 0 unspecified atom stereocenters. The number of hydrogen-bond acceptors (Lipinski definition) is 5. The highest BCUT2D eigenvalue weighted by Gasteiger charge is 2.13. The number of ether oxygens (including phenoxy) is 3. The SMILES string of the molecule is CCOC(=O)CCC(=O)Oc1ccccc1OC(C)C. The average Bonchev–Trinajstić information content (AvgIpc) is 2.38. The number of esters is 2. The van der Waals surface area contributed by atoms with E-state index in [0.717, 1.165) is 0 Å². The van der Waals surface area contributed by atoms with Crippen LogP contribution in [0.3, 0.4) is 0 Å². The number of hydrogen-bond donors (Lipinski definition) is 0. The third-order valence-corrected chi connectivity index (χ3v) is 2.27. The summed E-state index contributed by atoms with van der Waals surface area (Å²) in [7, 11) is 0. The van der Waals surface area contributed by atoms with Crippen molar-refractivity contribution in [2.45, 2.75) is 39.7 Å². The van der Waals surface area contributed by atoms with Gasteiger partial charge >= 0.3 is 11.9 Å². The zero-order valence-corrected chi connectivity index (χ0v) is 12.0. The van der Waals surface area contributed by atoms with Crippen LogP contribution in [-0.2, 0) is 14.3 Å². The Morgan fingerprint density at radius 2 is 1.65 bits per heavy atom. The van der Waals surface area contributed by atoms with Gasteiger partial charge in [-0.05, 0) is 32.9 Å². The molecule has 0 spiro atoms. The van der Waals surface area contributed by atoms with Crippen LogP contribution in [0.25, 0.3) is 0 Å². The standard InChI is InChI=1S/C15H20O5/c1-4-18-14(16)9-10-15(17)20-13-8-6-5-7-12(13)19-11(2)3/h5-8,11H,4,9-10H2,1-3H3. The normalized spacial score (nSPS) is 10.2. The maximum Gasteiger partial charge on any atom is 0.311 e. The number of rotatable bonds is 7. The Kier molecular flexibility index (Phi) is 6.56. The predicted molar refractivity (Wildman–Crippen MR) is 73.7 cm³/mol. The first-order chi connectivity index (χ1) is 9.52. The van der Waals surface area contributed by atoms with E-state index in [1.54, 1.807) is 31.2 Å². The highest BCUT2D eigenvalue weighted by Crippen LogP contribution is 2.27. The molecule has 1 aromatic carbocycles. The minimum atomic E-state index is -0.488. The summed E-state index contributed by atoms with van der Waals surface area (Å²) in [6.45, 7) is 5.80. The lowest BCUT2D eigenvalue weighted by molar-refractivity contribution is -0.146. The fraction of sp³-hybridized carbons (Fsp3) is 0.467. The van der Waals surface area contributed by atoms with Gasteiger partial charge in [-0.25, -0.2) is 0 Å². The summed E-state index contributed by atoms with van der Waals surface area (Å²) in [5.74, 6) is -0.0314. The van der Waals surface area contributed by atoms with Gasteiger partial charge in [0.1, 0.15) is 0 Å². The molecule has 0 aliphatic rings. The monoisotopic (exact) mass is 280 g/mol.